The van der Waals surface area contributed by atoms with E-state index in [0.29, 0.717) is 0 Å². The molecule has 0 bridgehead atoms. The van der Waals surface area contributed by atoms with Gasteiger partial charge in [-0.05, 0) is 17.7 Å². The lowest BCUT2D eigenvalue weighted by Crippen LogP contribution is -2.43. The number of alkyl halides is 1. The molecular formula is C25H23FN2O8. The molecule has 10 nitrogen and oxygen atoms in total. The van der Waals surface area contributed by atoms with Gasteiger partial charge in [0.2, 0.25) is 6.29 Å². The van der Waals surface area contributed by atoms with E-state index >= 15 is 4.39 Å². The molecule has 1 aliphatic rings. The van der Waals surface area contributed by atoms with Crippen molar-refractivity contribution < 1.29 is 32.9 Å². The van der Waals surface area contributed by atoms with Gasteiger partial charge in [0, 0.05) is 19.2 Å². The van der Waals surface area contributed by atoms with Crippen molar-refractivity contribution in [2.75, 3.05) is 0 Å². The fourth-order valence-corrected chi connectivity index (χ4v) is 3.64. The van der Waals surface area contributed by atoms with E-state index in [1.54, 1.807) is 18.2 Å². The molecular weight excluding hydrogens is 475 g/mol. The molecule has 36 heavy (non-hydrogen) atoms. The zero-order valence-corrected chi connectivity index (χ0v) is 19.2. The van der Waals surface area contributed by atoms with Gasteiger partial charge in [-0.3, -0.25) is 14.2 Å². The van der Waals surface area contributed by atoms with Crippen LogP contribution in [0.1, 0.15) is 29.1 Å². The fourth-order valence-electron chi connectivity index (χ4n) is 3.64. The van der Waals surface area contributed by atoms with E-state index < -0.39 is 54.7 Å². The monoisotopic (exact) mass is 498 g/mol. The van der Waals surface area contributed by atoms with Gasteiger partial charge in [0.05, 0.1) is 12.2 Å². The number of aromatic nitrogens is 2. The molecule has 1 aliphatic heterocycles. The van der Waals surface area contributed by atoms with Crippen LogP contribution in [0.4, 0.5) is 4.39 Å². The summed E-state index contributed by atoms with van der Waals surface area (Å²) >= 11 is 0. The van der Waals surface area contributed by atoms with E-state index in [4.69, 9.17) is 18.9 Å². The number of nitrogens with zero attached hydrogens (tertiary/aromatic N) is 2. The Balaban J connectivity index is 1.55. The first-order valence-electron chi connectivity index (χ1n) is 11.0. The Morgan fingerprint density at radius 3 is 2.31 bits per heavy atom. The number of halogens is 1. The van der Waals surface area contributed by atoms with Crippen molar-refractivity contribution in [3.8, 4) is 0 Å². The number of carbonyl (C=O) groups is 2. The average molecular weight is 498 g/mol. The van der Waals surface area contributed by atoms with Crippen molar-refractivity contribution in [3.63, 3.8) is 0 Å². The molecule has 4 atom stereocenters. The van der Waals surface area contributed by atoms with Gasteiger partial charge < -0.3 is 18.9 Å². The third-order valence-electron chi connectivity index (χ3n) is 5.36. The molecule has 2 heterocycles. The van der Waals surface area contributed by atoms with Crippen LogP contribution in [0, 0.1) is 0 Å². The van der Waals surface area contributed by atoms with Gasteiger partial charge in [-0.2, -0.15) is 0 Å². The van der Waals surface area contributed by atoms with Crippen molar-refractivity contribution in [1.82, 2.24) is 9.13 Å². The predicted molar refractivity (Wildman–Crippen MR) is 122 cm³/mol. The molecule has 1 aromatic heterocycles. The smallest absolute Gasteiger partial charge is 0.338 e. The standard InChI is InChI=1S/C25H23FN2O8/c1-16(29)34-24-21(35-23(31)18-10-6-3-7-11-18)20(26)22(36-24)27-13-12-19(30)28(25(27)32)15-33-14-17-8-4-2-5-9-17/h2-13,20-22,24H,14-15H2,1H3/t20-,21?,22+,24?/m0/s1. The Bertz CT molecular complexity index is 1330. The van der Waals surface area contributed by atoms with Crippen molar-refractivity contribution in [1.29, 1.82) is 0 Å². The maximum atomic E-state index is 15.5. The minimum absolute atomic E-state index is 0.138. The third kappa shape index (κ3) is 5.58. The number of esters is 2. The number of rotatable bonds is 8. The van der Waals surface area contributed by atoms with E-state index in [9.17, 15) is 19.2 Å². The minimum atomic E-state index is -2.10. The third-order valence-corrected chi connectivity index (χ3v) is 5.36. The first kappa shape index (κ1) is 25.0. The largest absolute Gasteiger partial charge is 0.449 e. The summed E-state index contributed by atoms with van der Waals surface area (Å²) in [7, 11) is 0. The van der Waals surface area contributed by atoms with Crippen LogP contribution >= 0.6 is 0 Å². The molecule has 2 aromatic carbocycles. The second-order valence-corrected chi connectivity index (χ2v) is 7.92. The Morgan fingerprint density at radius 1 is 0.972 bits per heavy atom. The highest BCUT2D eigenvalue weighted by Gasteiger charge is 2.51. The topological polar surface area (TPSA) is 115 Å². The lowest BCUT2D eigenvalue weighted by Gasteiger charge is -2.19. The maximum absolute atomic E-state index is 15.5. The van der Waals surface area contributed by atoms with Gasteiger partial charge in [0.1, 0.15) is 6.73 Å². The molecule has 0 spiro atoms. The van der Waals surface area contributed by atoms with Gasteiger partial charge in [-0.25, -0.2) is 18.5 Å². The van der Waals surface area contributed by atoms with Crippen LogP contribution < -0.4 is 11.2 Å². The van der Waals surface area contributed by atoms with E-state index in [1.807, 2.05) is 30.3 Å². The number of hydrogen-bond donors (Lipinski definition) is 0. The molecule has 0 N–H and O–H groups in total. The average Bonchev–Trinajstić information content (AvgIpc) is 3.16. The number of carbonyl (C=O) groups excluding carboxylic acids is 2. The first-order valence-corrected chi connectivity index (χ1v) is 11.0. The molecule has 1 saturated heterocycles. The van der Waals surface area contributed by atoms with Crippen LogP contribution in [-0.4, -0.2) is 39.6 Å². The second kappa shape index (κ2) is 11.1. The van der Waals surface area contributed by atoms with E-state index in [0.717, 1.165) is 33.9 Å². The highest BCUT2D eigenvalue weighted by atomic mass is 19.1. The molecule has 188 valence electrons. The minimum Gasteiger partial charge on any atom is -0.449 e. The molecule has 2 unspecified atom stereocenters. The summed E-state index contributed by atoms with van der Waals surface area (Å²) < 4.78 is 38.3. The summed E-state index contributed by atoms with van der Waals surface area (Å²) in [6, 6.07) is 18.0. The normalized spacial score (nSPS) is 21.2. The Labute approximate surface area is 204 Å². The molecule has 0 saturated carbocycles. The molecule has 0 amide bonds. The van der Waals surface area contributed by atoms with Gasteiger partial charge in [0.15, 0.2) is 18.5 Å². The van der Waals surface area contributed by atoms with E-state index in [-0.39, 0.29) is 12.2 Å². The molecule has 0 aliphatic carbocycles. The number of hydrogen-bond acceptors (Lipinski definition) is 8. The number of benzene rings is 2. The van der Waals surface area contributed by atoms with Crippen molar-refractivity contribution >= 4 is 11.9 Å². The predicted octanol–water partition coefficient (Wildman–Crippen LogP) is 2.17. The summed E-state index contributed by atoms with van der Waals surface area (Å²) in [6.45, 7) is 0.826. The SMILES string of the molecule is CC(=O)OC1O[C@@H](n2ccc(=O)n(COCc3ccccc3)c2=O)[C@@H](F)C1OC(=O)c1ccccc1. The zero-order valence-electron chi connectivity index (χ0n) is 19.2. The van der Waals surface area contributed by atoms with Crippen LogP contribution in [0.3, 0.4) is 0 Å². The van der Waals surface area contributed by atoms with Gasteiger partial charge in [-0.15, -0.1) is 0 Å². The summed E-state index contributed by atoms with van der Waals surface area (Å²) in [5.74, 6) is -1.67. The number of ether oxygens (including phenoxy) is 4. The van der Waals surface area contributed by atoms with Crippen molar-refractivity contribution in [3.05, 3.63) is 105 Å². The quantitative estimate of drug-likeness (QED) is 0.434. The summed E-state index contributed by atoms with van der Waals surface area (Å²) in [5.41, 5.74) is -0.603. The lowest BCUT2D eigenvalue weighted by atomic mass is 10.2. The fraction of sp³-hybridized carbons (Fsp3) is 0.280. The first-order chi connectivity index (χ1) is 17.3. The van der Waals surface area contributed by atoms with Crippen molar-refractivity contribution in [2.24, 2.45) is 0 Å². The Morgan fingerprint density at radius 2 is 1.64 bits per heavy atom. The van der Waals surface area contributed by atoms with Crippen LogP contribution in [0.25, 0.3) is 0 Å². The molecule has 0 radical (unpaired) electrons. The van der Waals surface area contributed by atoms with Crippen LogP contribution in [0.15, 0.2) is 82.5 Å². The van der Waals surface area contributed by atoms with Crippen LogP contribution in [0.5, 0.6) is 0 Å². The maximum Gasteiger partial charge on any atom is 0.338 e. The van der Waals surface area contributed by atoms with Crippen molar-refractivity contribution in [2.45, 2.75) is 45.1 Å². The van der Waals surface area contributed by atoms with Crippen LogP contribution in [0.2, 0.25) is 0 Å². The van der Waals surface area contributed by atoms with Gasteiger partial charge in [0.25, 0.3) is 5.56 Å². The molecule has 1 fully saturated rings. The molecule has 4 rings (SSSR count). The van der Waals surface area contributed by atoms with Crippen LogP contribution in [-0.2, 0) is 37.1 Å². The lowest BCUT2D eigenvalue weighted by molar-refractivity contribution is -0.191. The Hall–Kier alpha value is -4.09. The van der Waals surface area contributed by atoms with Gasteiger partial charge in [-0.1, -0.05) is 48.5 Å². The molecule has 11 heteroatoms. The second-order valence-electron chi connectivity index (χ2n) is 7.92. The summed E-state index contributed by atoms with van der Waals surface area (Å²) in [6.07, 6.45) is -5.96. The summed E-state index contributed by atoms with van der Waals surface area (Å²) in [5, 5.41) is 0. The zero-order chi connectivity index (χ0) is 25.7. The van der Waals surface area contributed by atoms with Gasteiger partial charge >= 0.3 is 17.6 Å². The molecule has 3 aromatic rings. The van der Waals surface area contributed by atoms with E-state index in [2.05, 4.69) is 0 Å². The summed E-state index contributed by atoms with van der Waals surface area (Å²) in [4.78, 5) is 49.4. The highest BCUT2D eigenvalue weighted by Crippen LogP contribution is 2.34. The highest BCUT2D eigenvalue weighted by molar-refractivity contribution is 5.89. The Kier molecular flexibility index (Phi) is 7.71. The van der Waals surface area contributed by atoms with E-state index in [1.165, 1.54) is 12.1 Å².